The third kappa shape index (κ3) is 4.44. The zero-order valence-corrected chi connectivity index (χ0v) is 11.5. The topological polar surface area (TPSA) is 68.0 Å². The lowest BCUT2D eigenvalue weighted by atomic mass is 10.1. The molecule has 1 amide bonds. The Morgan fingerprint density at radius 2 is 2.41 bits per heavy atom. The number of hydrogen-bond acceptors (Lipinski definition) is 3. The second-order valence-electron chi connectivity index (χ2n) is 3.88. The van der Waals surface area contributed by atoms with Crippen LogP contribution in [0.15, 0.2) is 22.8 Å². The van der Waals surface area contributed by atoms with Crippen molar-refractivity contribution in [2.75, 3.05) is 6.54 Å². The minimum Gasteiger partial charge on any atom is -0.347 e. The minimum absolute atomic E-state index is 0.0244. The third-order valence-electron chi connectivity index (χ3n) is 2.50. The molecule has 0 aliphatic heterocycles. The Labute approximate surface area is 110 Å². The third-order valence-corrected chi connectivity index (χ3v) is 3.14. The molecule has 4 nitrogen and oxygen atoms in total. The Kier molecular flexibility index (Phi) is 6.15. The van der Waals surface area contributed by atoms with Crippen molar-refractivity contribution in [2.24, 2.45) is 5.73 Å². The summed E-state index contributed by atoms with van der Waals surface area (Å²) in [4.78, 5) is 16.0. The summed E-state index contributed by atoms with van der Waals surface area (Å²) in [6, 6.07) is 3.60. The summed E-state index contributed by atoms with van der Waals surface area (Å²) in [6.45, 7) is 2.57. The fourth-order valence-corrected chi connectivity index (χ4v) is 1.94. The number of nitrogens with one attached hydrogen (secondary N) is 1. The monoisotopic (exact) mass is 299 g/mol. The van der Waals surface area contributed by atoms with Crippen LogP contribution in [-0.2, 0) is 0 Å². The molecular weight excluding hydrogens is 282 g/mol. The first kappa shape index (κ1) is 14.1. The van der Waals surface area contributed by atoms with Crippen molar-refractivity contribution in [3.63, 3.8) is 0 Å². The first-order valence-electron chi connectivity index (χ1n) is 5.80. The number of carbonyl (C=O) groups excluding carboxylic acids is 1. The predicted molar refractivity (Wildman–Crippen MR) is 71.8 cm³/mol. The lowest BCUT2D eigenvalue weighted by Gasteiger charge is -2.16. The first-order valence-corrected chi connectivity index (χ1v) is 6.59. The van der Waals surface area contributed by atoms with Gasteiger partial charge in [0.2, 0.25) is 0 Å². The van der Waals surface area contributed by atoms with Crippen LogP contribution in [0.3, 0.4) is 0 Å². The van der Waals surface area contributed by atoms with E-state index in [9.17, 15) is 4.79 Å². The van der Waals surface area contributed by atoms with Gasteiger partial charge in [-0.25, -0.2) is 4.98 Å². The zero-order valence-electron chi connectivity index (χ0n) is 9.95. The molecule has 5 heteroatoms. The number of unbranched alkanes of at least 4 members (excludes halogenated alkanes) is 1. The molecule has 0 saturated heterocycles. The van der Waals surface area contributed by atoms with Gasteiger partial charge in [-0.05, 0) is 34.5 Å². The summed E-state index contributed by atoms with van der Waals surface area (Å²) in [6.07, 6.45) is 4.66. The number of nitrogens with two attached hydrogens (primary N) is 1. The van der Waals surface area contributed by atoms with Gasteiger partial charge in [0.25, 0.3) is 5.91 Å². The molecule has 0 bridgehead atoms. The molecule has 1 heterocycles. The maximum absolute atomic E-state index is 11.9. The maximum Gasteiger partial charge on any atom is 0.271 e. The molecule has 0 spiro atoms. The predicted octanol–water partition coefficient (Wildman–Crippen LogP) is 2.09. The smallest absolute Gasteiger partial charge is 0.271 e. The molecule has 1 aromatic rings. The van der Waals surface area contributed by atoms with Crippen molar-refractivity contribution in [1.82, 2.24) is 10.3 Å². The molecule has 94 valence electrons. The molecule has 1 unspecified atom stereocenters. The normalized spacial score (nSPS) is 12.2. The molecular formula is C12H18BrN3O. The largest absolute Gasteiger partial charge is 0.347 e. The van der Waals surface area contributed by atoms with E-state index in [1.54, 1.807) is 18.3 Å². The molecule has 0 fully saturated rings. The number of hydrogen-bond donors (Lipinski definition) is 2. The van der Waals surface area contributed by atoms with Crippen LogP contribution in [0.1, 0.15) is 36.7 Å². The van der Waals surface area contributed by atoms with E-state index in [1.165, 1.54) is 0 Å². The minimum atomic E-state index is -0.177. The van der Waals surface area contributed by atoms with E-state index in [0.29, 0.717) is 16.7 Å². The molecule has 1 atom stereocenters. The van der Waals surface area contributed by atoms with Crippen LogP contribution in [0, 0.1) is 0 Å². The van der Waals surface area contributed by atoms with Crippen LogP contribution in [0.2, 0.25) is 0 Å². The van der Waals surface area contributed by atoms with Crippen LogP contribution >= 0.6 is 15.9 Å². The summed E-state index contributed by atoms with van der Waals surface area (Å²) >= 11 is 3.31. The van der Waals surface area contributed by atoms with Gasteiger partial charge in [0.05, 0.1) is 0 Å². The lowest BCUT2D eigenvalue weighted by Crippen LogP contribution is -2.40. The van der Waals surface area contributed by atoms with Crippen LogP contribution < -0.4 is 11.1 Å². The van der Waals surface area contributed by atoms with Gasteiger partial charge >= 0.3 is 0 Å². The number of pyridine rings is 1. The highest BCUT2D eigenvalue weighted by Gasteiger charge is 2.15. The molecule has 1 rings (SSSR count). The quantitative estimate of drug-likeness (QED) is 0.845. The van der Waals surface area contributed by atoms with Gasteiger partial charge < -0.3 is 11.1 Å². The van der Waals surface area contributed by atoms with Gasteiger partial charge in [0.15, 0.2) is 0 Å². The van der Waals surface area contributed by atoms with E-state index < -0.39 is 0 Å². The van der Waals surface area contributed by atoms with Crippen molar-refractivity contribution in [3.8, 4) is 0 Å². The molecule has 0 aliphatic rings. The molecule has 0 radical (unpaired) electrons. The zero-order chi connectivity index (χ0) is 12.7. The number of nitrogens with zero attached hydrogens (tertiary/aromatic N) is 1. The van der Waals surface area contributed by atoms with Crippen molar-refractivity contribution in [1.29, 1.82) is 0 Å². The summed E-state index contributed by atoms with van der Waals surface area (Å²) in [7, 11) is 0. The van der Waals surface area contributed by atoms with Gasteiger partial charge in [-0.2, -0.15) is 0 Å². The second kappa shape index (κ2) is 7.40. The number of amides is 1. The molecule has 0 aliphatic carbocycles. The molecule has 3 N–H and O–H groups in total. The highest BCUT2D eigenvalue weighted by Crippen LogP contribution is 2.13. The van der Waals surface area contributed by atoms with Gasteiger partial charge in [-0.15, -0.1) is 0 Å². The van der Waals surface area contributed by atoms with Crippen molar-refractivity contribution in [3.05, 3.63) is 28.5 Å². The highest BCUT2D eigenvalue weighted by atomic mass is 79.9. The summed E-state index contributed by atoms with van der Waals surface area (Å²) < 4.78 is 0.698. The Morgan fingerprint density at radius 1 is 1.65 bits per heavy atom. The standard InChI is InChI=1S/C12H18BrN3O/c1-2-3-5-9(8-14)16-12(17)11-10(13)6-4-7-15-11/h4,6-7,9H,2-3,5,8,14H2,1H3,(H,16,17). The fourth-order valence-electron chi connectivity index (χ4n) is 1.51. The van der Waals surface area contributed by atoms with Crippen LogP contribution in [-0.4, -0.2) is 23.5 Å². The van der Waals surface area contributed by atoms with Crippen molar-refractivity contribution >= 4 is 21.8 Å². The van der Waals surface area contributed by atoms with Crippen LogP contribution in [0.25, 0.3) is 0 Å². The van der Waals surface area contributed by atoms with Crippen LogP contribution in [0.5, 0.6) is 0 Å². The highest BCUT2D eigenvalue weighted by molar-refractivity contribution is 9.10. The number of rotatable bonds is 6. The number of carbonyl (C=O) groups is 1. The lowest BCUT2D eigenvalue weighted by molar-refractivity contribution is 0.0930. The van der Waals surface area contributed by atoms with Crippen LogP contribution in [0.4, 0.5) is 0 Å². The summed E-state index contributed by atoms with van der Waals surface area (Å²) in [5, 5.41) is 2.90. The molecule has 1 aromatic heterocycles. The van der Waals surface area contributed by atoms with Gasteiger partial charge in [-0.1, -0.05) is 19.8 Å². The molecule has 0 aromatic carbocycles. The van der Waals surface area contributed by atoms with E-state index in [4.69, 9.17) is 5.73 Å². The SMILES string of the molecule is CCCCC(CN)NC(=O)c1ncccc1Br. The van der Waals surface area contributed by atoms with E-state index in [2.05, 4.69) is 33.2 Å². The second-order valence-corrected chi connectivity index (χ2v) is 4.74. The maximum atomic E-state index is 11.9. The Bertz CT molecular complexity index is 371. The van der Waals surface area contributed by atoms with Gasteiger partial charge in [0, 0.05) is 23.3 Å². The average molecular weight is 300 g/mol. The number of aromatic nitrogens is 1. The Morgan fingerprint density at radius 3 is 3.00 bits per heavy atom. The summed E-state index contributed by atoms with van der Waals surface area (Å²) in [5.41, 5.74) is 6.04. The fraction of sp³-hybridized carbons (Fsp3) is 0.500. The van der Waals surface area contributed by atoms with E-state index in [0.717, 1.165) is 19.3 Å². The molecule has 17 heavy (non-hydrogen) atoms. The van der Waals surface area contributed by atoms with E-state index in [1.807, 2.05) is 0 Å². The van der Waals surface area contributed by atoms with Gasteiger partial charge in [0.1, 0.15) is 5.69 Å². The van der Waals surface area contributed by atoms with E-state index in [-0.39, 0.29) is 11.9 Å². The first-order chi connectivity index (χ1) is 8.19. The Balaban J connectivity index is 2.61. The van der Waals surface area contributed by atoms with Crippen molar-refractivity contribution in [2.45, 2.75) is 32.2 Å². The molecule has 0 saturated carbocycles. The van der Waals surface area contributed by atoms with Gasteiger partial charge in [-0.3, -0.25) is 4.79 Å². The van der Waals surface area contributed by atoms with E-state index >= 15 is 0 Å². The average Bonchev–Trinajstić information content (AvgIpc) is 2.34. The Hall–Kier alpha value is -0.940. The van der Waals surface area contributed by atoms with Crippen molar-refractivity contribution < 1.29 is 4.79 Å². The summed E-state index contributed by atoms with van der Waals surface area (Å²) in [5.74, 6) is -0.177. The number of halogens is 1.